The van der Waals surface area contributed by atoms with Crippen molar-refractivity contribution in [2.45, 2.75) is 6.04 Å². The summed E-state index contributed by atoms with van der Waals surface area (Å²) in [5.74, 6) is -1.05. The molecule has 18 heavy (non-hydrogen) atoms. The number of amides is 1. The number of hydrogen-bond acceptors (Lipinski definition) is 3. The van der Waals surface area contributed by atoms with Gasteiger partial charge in [0.25, 0.3) is 5.91 Å². The number of hydrogen-bond donors (Lipinski definition) is 1. The van der Waals surface area contributed by atoms with Crippen molar-refractivity contribution in [3.8, 4) is 5.75 Å². The smallest absolute Gasteiger partial charge is 0.258 e. The second-order valence-electron chi connectivity index (χ2n) is 4.04. The van der Waals surface area contributed by atoms with Gasteiger partial charge in [0, 0.05) is 18.5 Å². The Balaban J connectivity index is 2.24. The molecular formula is C12H13ClFNO3. The molecule has 1 unspecified atom stereocenters. The van der Waals surface area contributed by atoms with Gasteiger partial charge in [-0.15, -0.1) is 11.6 Å². The topological polar surface area (TPSA) is 49.8 Å². The van der Waals surface area contributed by atoms with Crippen molar-refractivity contribution in [3.05, 3.63) is 29.6 Å². The lowest BCUT2D eigenvalue weighted by atomic mass is 10.1. The van der Waals surface area contributed by atoms with Crippen molar-refractivity contribution in [3.63, 3.8) is 0 Å². The van der Waals surface area contributed by atoms with E-state index in [1.165, 1.54) is 6.07 Å². The van der Waals surface area contributed by atoms with E-state index >= 15 is 0 Å². The molecule has 0 aromatic heterocycles. The highest BCUT2D eigenvalue weighted by atomic mass is 35.5. The van der Waals surface area contributed by atoms with Crippen LogP contribution in [0.2, 0.25) is 0 Å². The largest absolute Gasteiger partial charge is 0.507 e. The van der Waals surface area contributed by atoms with E-state index in [4.69, 9.17) is 16.3 Å². The molecule has 0 aliphatic carbocycles. The first-order valence-corrected chi connectivity index (χ1v) is 6.10. The van der Waals surface area contributed by atoms with Gasteiger partial charge in [-0.1, -0.05) is 0 Å². The monoisotopic (exact) mass is 273 g/mol. The van der Waals surface area contributed by atoms with Gasteiger partial charge in [-0.25, -0.2) is 4.39 Å². The van der Waals surface area contributed by atoms with Gasteiger partial charge in [0.05, 0.1) is 24.8 Å². The number of aromatic hydroxyl groups is 1. The van der Waals surface area contributed by atoms with Crippen LogP contribution in [0.4, 0.5) is 4.39 Å². The second kappa shape index (κ2) is 5.54. The lowest BCUT2D eigenvalue weighted by Gasteiger charge is -2.34. The highest BCUT2D eigenvalue weighted by Crippen LogP contribution is 2.22. The van der Waals surface area contributed by atoms with Crippen LogP contribution in [0.25, 0.3) is 0 Å². The summed E-state index contributed by atoms with van der Waals surface area (Å²) in [4.78, 5) is 13.8. The van der Waals surface area contributed by atoms with Gasteiger partial charge in [-0.2, -0.15) is 0 Å². The van der Waals surface area contributed by atoms with E-state index in [9.17, 15) is 14.3 Å². The Kier molecular flexibility index (Phi) is 4.04. The number of rotatable bonds is 2. The first-order valence-electron chi connectivity index (χ1n) is 5.56. The number of carbonyl (C=O) groups excluding carboxylic acids is 1. The van der Waals surface area contributed by atoms with Crippen LogP contribution in [0.5, 0.6) is 5.75 Å². The quantitative estimate of drug-likeness (QED) is 0.833. The number of halogens is 2. The molecule has 1 amide bonds. The van der Waals surface area contributed by atoms with Gasteiger partial charge in [0.1, 0.15) is 11.6 Å². The van der Waals surface area contributed by atoms with Crippen molar-refractivity contribution in [1.29, 1.82) is 0 Å². The fourth-order valence-electron chi connectivity index (χ4n) is 1.89. The molecule has 1 aliphatic heterocycles. The van der Waals surface area contributed by atoms with E-state index in [0.29, 0.717) is 19.8 Å². The minimum atomic E-state index is -0.583. The molecule has 98 valence electrons. The first kappa shape index (κ1) is 13.1. The molecule has 6 heteroatoms. The molecular weight excluding hydrogens is 261 g/mol. The highest BCUT2D eigenvalue weighted by Gasteiger charge is 2.28. The van der Waals surface area contributed by atoms with Crippen molar-refractivity contribution in [1.82, 2.24) is 4.90 Å². The van der Waals surface area contributed by atoms with Crippen LogP contribution in [0.3, 0.4) is 0 Å². The van der Waals surface area contributed by atoms with Crippen molar-refractivity contribution >= 4 is 17.5 Å². The van der Waals surface area contributed by atoms with Gasteiger partial charge in [0.15, 0.2) is 0 Å². The molecule has 1 aromatic rings. The lowest BCUT2D eigenvalue weighted by molar-refractivity contribution is 0.00441. The Labute approximate surface area is 109 Å². The molecule has 0 bridgehead atoms. The SMILES string of the molecule is O=C(c1ccc(F)cc1O)N1CCOCC1CCl. The standard InChI is InChI=1S/C12H13ClFNO3/c13-6-9-7-18-4-3-15(9)12(17)10-2-1-8(14)5-11(10)16/h1-2,5,9,16H,3-4,6-7H2. The molecule has 1 heterocycles. The molecule has 0 spiro atoms. The number of alkyl halides is 1. The number of ether oxygens (including phenoxy) is 1. The molecule has 1 saturated heterocycles. The van der Waals surface area contributed by atoms with E-state index in [0.717, 1.165) is 12.1 Å². The van der Waals surface area contributed by atoms with Gasteiger partial charge in [-0.3, -0.25) is 4.79 Å². The van der Waals surface area contributed by atoms with Crippen LogP contribution >= 0.6 is 11.6 Å². The normalized spacial score (nSPS) is 19.9. The van der Waals surface area contributed by atoms with Crippen molar-refractivity contribution < 1.29 is 19.0 Å². The summed E-state index contributed by atoms with van der Waals surface area (Å²) in [6.45, 7) is 1.21. The summed E-state index contributed by atoms with van der Waals surface area (Å²) >= 11 is 5.78. The lowest BCUT2D eigenvalue weighted by Crippen LogP contribution is -2.49. The summed E-state index contributed by atoms with van der Waals surface area (Å²) in [6.07, 6.45) is 0. The second-order valence-corrected chi connectivity index (χ2v) is 4.35. The summed E-state index contributed by atoms with van der Waals surface area (Å²) in [7, 11) is 0. The van der Waals surface area contributed by atoms with E-state index in [1.807, 2.05) is 0 Å². The van der Waals surface area contributed by atoms with Crippen LogP contribution in [-0.2, 0) is 4.74 Å². The number of morpholine rings is 1. The Morgan fingerprint density at radius 2 is 2.39 bits per heavy atom. The van der Waals surface area contributed by atoms with Gasteiger partial charge in [0.2, 0.25) is 0 Å². The number of benzene rings is 1. The Hall–Kier alpha value is -1.33. The maximum Gasteiger partial charge on any atom is 0.258 e. The third-order valence-electron chi connectivity index (χ3n) is 2.86. The third kappa shape index (κ3) is 2.57. The Morgan fingerprint density at radius 3 is 3.06 bits per heavy atom. The molecule has 1 aromatic carbocycles. The van der Waals surface area contributed by atoms with Crippen LogP contribution in [0.15, 0.2) is 18.2 Å². The molecule has 1 N–H and O–H groups in total. The van der Waals surface area contributed by atoms with Crippen molar-refractivity contribution in [2.75, 3.05) is 25.6 Å². The Morgan fingerprint density at radius 1 is 1.61 bits per heavy atom. The third-order valence-corrected chi connectivity index (χ3v) is 3.21. The summed E-state index contributed by atoms with van der Waals surface area (Å²) in [5.41, 5.74) is 0.0772. The van der Waals surface area contributed by atoms with Crippen LogP contribution in [0, 0.1) is 5.82 Å². The zero-order valence-electron chi connectivity index (χ0n) is 9.60. The number of phenols is 1. The average Bonchev–Trinajstić information content (AvgIpc) is 2.38. The number of nitrogens with zero attached hydrogens (tertiary/aromatic N) is 1. The number of carbonyl (C=O) groups is 1. The molecule has 1 atom stereocenters. The van der Waals surface area contributed by atoms with Gasteiger partial charge < -0.3 is 14.7 Å². The molecule has 0 saturated carbocycles. The molecule has 2 rings (SSSR count). The predicted octanol–water partition coefficient (Wildman–Crippen LogP) is 1.61. The number of phenolic OH excluding ortho intramolecular Hbond substituents is 1. The minimum absolute atomic E-state index is 0.0772. The van der Waals surface area contributed by atoms with E-state index in [1.54, 1.807) is 4.90 Å². The van der Waals surface area contributed by atoms with E-state index in [-0.39, 0.29) is 29.1 Å². The fraction of sp³-hybridized carbons (Fsp3) is 0.417. The highest BCUT2D eigenvalue weighted by molar-refractivity contribution is 6.18. The summed E-state index contributed by atoms with van der Waals surface area (Å²) < 4.78 is 18.1. The van der Waals surface area contributed by atoms with Crippen molar-refractivity contribution in [2.24, 2.45) is 0 Å². The van der Waals surface area contributed by atoms with Crippen LogP contribution < -0.4 is 0 Å². The maximum atomic E-state index is 12.9. The predicted molar refractivity (Wildman–Crippen MR) is 64.4 cm³/mol. The van der Waals surface area contributed by atoms with Gasteiger partial charge >= 0.3 is 0 Å². The van der Waals surface area contributed by atoms with Gasteiger partial charge in [-0.05, 0) is 12.1 Å². The zero-order chi connectivity index (χ0) is 13.1. The molecule has 1 aliphatic rings. The molecule has 0 radical (unpaired) electrons. The van der Waals surface area contributed by atoms with Crippen LogP contribution in [0.1, 0.15) is 10.4 Å². The zero-order valence-corrected chi connectivity index (χ0v) is 10.4. The fourth-order valence-corrected chi connectivity index (χ4v) is 2.15. The Bertz CT molecular complexity index is 455. The minimum Gasteiger partial charge on any atom is -0.507 e. The van der Waals surface area contributed by atoms with Crippen LogP contribution in [-0.4, -0.2) is 47.6 Å². The molecule has 1 fully saturated rings. The maximum absolute atomic E-state index is 12.9. The summed E-state index contributed by atoms with van der Waals surface area (Å²) in [5, 5.41) is 9.60. The summed E-state index contributed by atoms with van der Waals surface area (Å²) in [6, 6.07) is 3.11. The van der Waals surface area contributed by atoms with E-state index < -0.39 is 5.82 Å². The van der Waals surface area contributed by atoms with E-state index in [2.05, 4.69) is 0 Å². The molecule has 4 nitrogen and oxygen atoms in total. The first-order chi connectivity index (χ1) is 8.63. The average molecular weight is 274 g/mol.